The molecule has 0 aliphatic rings. The lowest BCUT2D eigenvalue weighted by Crippen LogP contribution is -2.00. The molecule has 3 nitrogen and oxygen atoms in total. The zero-order chi connectivity index (χ0) is 22.4. The molecule has 0 amide bonds. The monoisotopic (exact) mass is 422 g/mol. The Kier molecular flexibility index (Phi) is 7.96. The molecule has 30 heavy (non-hydrogen) atoms. The van der Waals surface area contributed by atoms with Gasteiger partial charge in [0.1, 0.15) is 11.5 Å². The van der Waals surface area contributed by atoms with Crippen LogP contribution in [-0.2, 0) is 0 Å². The number of carbonyl (C=O) groups is 2. The van der Waals surface area contributed by atoms with Crippen molar-refractivity contribution in [3.8, 4) is 11.5 Å². The lowest BCUT2D eigenvalue weighted by Gasteiger charge is -2.11. The molecule has 0 aromatic heterocycles. The third kappa shape index (κ3) is 6.04. The zero-order valence-electron chi connectivity index (χ0n) is 18.3. The third-order valence-corrected chi connectivity index (χ3v) is 4.90. The van der Waals surface area contributed by atoms with Crippen LogP contribution >= 0.6 is 11.6 Å². The summed E-state index contributed by atoms with van der Waals surface area (Å²) in [6.45, 7) is 10.8. The van der Waals surface area contributed by atoms with E-state index in [9.17, 15) is 9.59 Å². The highest BCUT2D eigenvalue weighted by molar-refractivity contribution is 6.30. The number of Topliss-reactive ketones (excluding diaryl/α,β-unsaturated/α-hetero) is 2. The van der Waals surface area contributed by atoms with Gasteiger partial charge in [-0.3, -0.25) is 9.59 Å². The van der Waals surface area contributed by atoms with E-state index in [-0.39, 0.29) is 11.6 Å². The second kappa shape index (κ2) is 10.2. The molecule has 0 aliphatic carbocycles. The van der Waals surface area contributed by atoms with E-state index < -0.39 is 0 Å². The molecular formula is C26H27ClO3. The van der Waals surface area contributed by atoms with Crippen LogP contribution in [-0.4, -0.2) is 11.6 Å². The second-order valence-electron chi connectivity index (χ2n) is 7.37. The fourth-order valence-electron chi connectivity index (χ4n) is 3.63. The number of carbonyl (C=O) groups excluding carboxylic acids is 2. The Labute approximate surface area is 183 Å². The maximum atomic E-state index is 11.5. The van der Waals surface area contributed by atoms with Crippen LogP contribution in [0.1, 0.15) is 56.8 Å². The zero-order valence-corrected chi connectivity index (χ0v) is 19.1. The lowest BCUT2D eigenvalue weighted by molar-refractivity contribution is 0.100. The molecular weight excluding hydrogens is 396 g/mol. The molecule has 3 rings (SSSR count). The standard InChI is InChI=1S/C16H16O2.C10H11ClO/c1-11-9-15(10-12(2)16(11)13(3)17)18-14-7-5-4-6-8-14;1-6-4-9(11)5-7(2)10(6)8(3)12/h4-10H,1-3H3;4-5H,1-3H3. The molecule has 0 N–H and O–H groups in total. The Bertz CT molecular complexity index is 1020. The van der Waals surface area contributed by atoms with Gasteiger partial charge < -0.3 is 4.74 Å². The minimum atomic E-state index is 0.0938. The van der Waals surface area contributed by atoms with Crippen molar-refractivity contribution in [2.45, 2.75) is 41.5 Å². The van der Waals surface area contributed by atoms with E-state index in [0.29, 0.717) is 5.02 Å². The first-order valence-corrected chi connectivity index (χ1v) is 10.1. The van der Waals surface area contributed by atoms with Crippen LogP contribution in [0.5, 0.6) is 11.5 Å². The minimum absolute atomic E-state index is 0.0938. The van der Waals surface area contributed by atoms with Crippen LogP contribution < -0.4 is 4.74 Å². The molecule has 0 heterocycles. The molecule has 156 valence electrons. The number of ketones is 2. The predicted octanol–water partition coefficient (Wildman–Crippen LogP) is 7.46. The first-order valence-electron chi connectivity index (χ1n) is 9.73. The van der Waals surface area contributed by atoms with Crippen molar-refractivity contribution in [1.82, 2.24) is 0 Å². The SMILES string of the molecule is CC(=O)c1c(C)cc(Cl)cc1C.CC(=O)c1c(C)cc(Oc2ccccc2)cc1C. The molecule has 0 atom stereocenters. The van der Waals surface area contributed by atoms with Crippen LogP contribution in [0.25, 0.3) is 0 Å². The van der Waals surface area contributed by atoms with E-state index in [1.807, 2.05) is 82.3 Å². The van der Waals surface area contributed by atoms with Crippen LogP contribution in [0.2, 0.25) is 5.02 Å². The summed E-state index contributed by atoms with van der Waals surface area (Å²) < 4.78 is 5.76. The maximum absolute atomic E-state index is 11.5. The molecule has 0 saturated heterocycles. The number of rotatable bonds is 4. The Morgan fingerprint density at radius 1 is 0.667 bits per heavy atom. The smallest absolute Gasteiger partial charge is 0.160 e. The Morgan fingerprint density at radius 2 is 1.07 bits per heavy atom. The van der Waals surface area contributed by atoms with Gasteiger partial charge in [0.2, 0.25) is 0 Å². The van der Waals surface area contributed by atoms with Gasteiger partial charge in [0.15, 0.2) is 11.6 Å². The normalized spacial score (nSPS) is 10.1. The van der Waals surface area contributed by atoms with Gasteiger partial charge in [0.05, 0.1) is 0 Å². The molecule has 0 radical (unpaired) electrons. The van der Waals surface area contributed by atoms with Crippen LogP contribution in [0, 0.1) is 27.7 Å². The lowest BCUT2D eigenvalue weighted by atomic mass is 9.99. The van der Waals surface area contributed by atoms with Gasteiger partial charge in [-0.25, -0.2) is 0 Å². The second-order valence-corrected chi connectivity index (χ2v) is 7.81. The summed E-state index contributed by atoms with van der Waals surface area (Å²) in [7, 11) is 0. The van der Waals surface area contributed by atoms with E-state index >= 15 is 0 Å². The topological polar surface area (TPSA) is 43.4 Å². The Balaban J connectivity index is 0.000000232. The number of ether oxygens (including phenoxy) is 1. The minimum Gasteiger partial charge on any atom is -0.457 e. The average Bonchev–Trinajstić information content (AvgIpc) is 2.61. The largest absolute Gasteiger partial charge is 0.457 e. The van der Waals surface area contributed by atoms with E-state index in [1.54, 1.807) is 13.8 Å². The van der Waals surface area contributed by atoms with Gasteiger partial charge in [0.25, 0.3) is 0 Å². The van der Waals surface area contributed by atoms with Gasteiger partial charge in [-0.05, 0) is 100 Å². The number of benzene rings is 3. The summed E-state index contributed by atoms with van der Waals surface area (Å²) in [4.78, 5) is 22.7. The summed E-state index contributed by atoms with van der Waals surface area (Å²) in [6, 6.07) is 17.0. The highest BCUT2D eigenvalue weighted by atomic mass is 35.5. The molecule has 3 aromatic carbocycles. The quantitative estimate of drug-likeness (QED) is 0.410. The third-order valence-electron chi connectivity index (χ3n) is 4.69. The molecule has 0 bridgehead atoms. The van der Waals surface area contributed by atoms with Gasteiger partial charge in [-0.1, -0.05) is 29.8 Å². The molecule has 0 aliphatic heterocycles. The van der Waals surface area contributed by atoms with E-state index in [0.717, 1.165) is 44.9 Å². The molecule has 0 fully saturated rings. The molecule has 0 unspecified atom stereocenters. The number of aryl methyl sites for hydroxylation is 4. The van der Waals surface area contributed by atoms with Crippen molar-refractivity contribution in [2.24, 2.45) is 0 Å². The van der Waals surface area contributed by atoms with Crippen molar-refractivity contribution in [3.63, 3.8) is 0 Å². The Morgan fingerprint density at radius 3 is 1.47 bits per heavy atom. The number of para-hydroxylation sites is 1. The predicted molar refractivity (Wildman–Crippen MR) is 123 cm³/mol. The van der Waals surface area contributed by atoms with Gasteiger partial charge in [0, 0.05) is 16.1 Å². The summed E-state index contributed by atoms with van der Waals surface area (Å²) in [5.41, 5.74) is 5.39. The van der Waals surface area contributed by atoms with Crippen molar-refractivity contribution in [1.29, 1.82) is 0 Å². The fourth-order valence-corrected chi connectivity index (χ4v) is 3.96. The molecule has 0 spiro atoms. The summed E-state index contributed by atoms with van der Waals surface area (Å²) in [5, 5.41) is 0.690. The molecule has 0 saturated carbocycles. The summed E-state index contributed by atoms with van der Waals surface area (Å²) >= 11 is 5.82. The molecule has 3 aromatic rings. The van der Waals surface area contributed by atoms with Crippen molar-refractivity contribution in [2.75, 3.05) is 0 Å². The van der Waals surface area contributed by atoms with E-state index in [2.05, 4.69) is 0 Å². The number of hydrogen-bond acceptors (Lipinski definition) is 3. The molecule has 4 heteroatoms. The van der Waals surface area contributed by atoms with Gasteiger partial charge >= 0.3 is 0 Å². The van der Waals surface area contributed by atoms with Crippen molar-refractivity contribution in [3.05, 3.63) is 93.0 Å². The maximum Gasteiger partial charge on any atom is 0.160 e. The summed E-state index contributed by atoms with van der Waals surface area (Å²) in [5.74, 6) is 1.76. The van der Waals surface area contributed by atoms with Crippen LogP contribution in [0.15, 0.2) is 54.6 Å². The number of hydrogen-bond donors (Lipinski definition) is 0. The average molecular weight is 423 g/mol. The summed E-state index contributed by atoms with van der Waals surface area (Å²) in [6.07, 6.45) is 0. The van der Waals surface area contributed by atoms with Crippen LogP contribution in [0.3, 0.4) is 0 Å². The highest BCUT2D eigenvalue weighted by Gasteiger charge is 2.10. The first-order chi connectivity index (χ1) is 14.1. The van der Waals surface area contributed by atoms with Crippen molar-refractivity contribution < 1.29 is 14.3 Å². The van der Waals surface area contributed by atoms with E-state index in [4.69, 9.17) is 16.3 Å². The van der Waals surface area contributed by atoms with Crippen molar-refractivity contribution >= 4 is 23.2 Å². The van der Waals surface area contributed by atoms with Gasteiger partial charge in [-0.2, -0.15) is 0 Å². The first kappa shape index (κ1) is 23.4. The van der Waals surface area contributed by atoms with Crippen LogP contribution in [0.4, 0.5) is 0 Å². The number of halogens is 1. The highest BCUT2D eigenvalue weighted by Crippen LogP contribution is 2.26. The van der Waals surface area contributed by atoms with E-state index in [1.165, 1.54) is 0 Å². The Hall–Kier alpha value is -2.91. The van der Waals surface area contributed by atoms with Gasteiger partial charge in [-0.15, -0.1) is 0 Å². The fraction of sp³-hybridized carbons (Fsp3) is 0.231.